The molecule has 0 atom stereocenters. The number of nitrogens with one attached hydrogen (secondary N) is 1. The Balaban J connectivity index is 1.40. The number of hydrogen-bond donors (Lipinski definition) is 1. The fraction of sp³-hybridized carbons (Fsp3) is 0.529. The molecule has 5 heteroatoms. The van der Waals surface area contributed by atoms with E-state index in [9.17, 15) is 9.59 Å². The Hall–Kier alpha value is -1.88. The zero-order chi connectivity index (χ0) is 15.4. The van der Waals surface area contributed by atoms with Gasteiger partial charge in [0.1, 0.15) is 6.42 Å². The molecule has 2 fully saturated rings. The summed E-state index contributed by atoms with van der Waals surface area (Å²) in [6.45, 7) is 4.07. The lowest BCUT2D eigenvalue weighted by atomic mass is 10.2. The molecule has 2 aliphatic rings. The van der Waals surface area contributed by atoms with Gasteiger partial charge >= 0.3 is 0 Å². The topological polar surface area (TPSA) is 52.7 Å². The van der Waals surface area contributed by atoms with E-state index in [1.54, 1.807) is 0 Å². The predicted octanol–water partition coefficient (Wildman–Crippen LogP) is 0.999. The molecule has 1 saturated heterocycles. The van der Waals surface area contributed by atoms with E-state index in [0.29, 0.717) is 19.1 Å². The zero-order valence-corrected chi connectivity index (χ0v) is 12.8. The minimum Gasteiger partial charge on any atom is -0.353 e. The van der Waals surface area contributed by atoms with Crippen LogP contribution in [0.25, 0.3) is 0 Å². The van der Waals surface area contributed by atoms with E-state index in [1.807, 2.05) is 23.1 Å². The third kappa shape index (κ3) is 4.31. The minimum absolute atomic E-state index is 0.00478. The fourth-order valence-corrected chi connectivity index (χ4v) is 2.75. The van der Waals surface area contributed by atoms with Gasteiger partial charge < -0.3 is 10.2 Å². The third-order valence-electron chi connectivity index (χ3n) is 4.23. The van der Waals surface area contributed by atoms with Crippen LogP contribution in [0.2, 0.25) is 0 Å². The van der Waals surface area contributed by atoms with Crippen LogP contribution >= 0.6 is 0 Å². The molecule has 1 aliphatic carbocycles. The first-order valence-electron chi connectivity index (χ1n) is 8.04. The van der Waals surface area contributed by atoms with Crippen molar-refractivity contribution in [2.75, 3.05) is 26.2 Å². The van der Waals surface area contributed by atoms with Gasteiger partial charge in [0, 0.05) is 38.8 Å². The Morgan fingerprint density at radius 3 is 2.36 bits per heavy atom. The molecule has 22 heavy (non-hydrogen) atoms. The van der Waals surface area contributed by atoms with Crippen molar-refractivity contribution in [1.82, 2.24) is 15.1 Å². The van der Waals surface area contributed by atoms with E-state index in [0.717, 1.165) is 32.5 Å². The van der Waals surface area contributed by atoms with Crippen LogP contribution in [-0.4, -0.2) is 53.8 Å². The highest BCUT2D eigenvalue weighted by Gasteiger charge is 2.26. The Morgan fingerprint density at radius 2 is 1.73 bits per heavy atom. The van der Waals surface area contributed by atoms with Crippen molar-refractivity contribution in [3.8, 4) is 0 Å². The highest BCUT2D eigenvalue weighted by atomic mass is 16.2. The number of piperazine rings is 1. The van der Waals surface area contributed by atoms with Crippen molar-refractivity contribution in [2.45, 2.75) is 31.8 Å². The molecule has 0 radical (unpaired) electrons. The van der Waals surface area contributed by atoms with Crippen molar-refractivity contribution < 1.29 is 9.59 Å². The third-order valence-corrected chi connectivity index (χ3v) is 4.23. The summed E-state index contributed by atoms with van der Waals surface area (Å²) < 4.78 is 0. The lowest BCUT2D eigenvalue weighted by Gasteiger charge is -2.34. The number of rotatable bonds is 5. The average Bonchev–Trinajstić information content (AvgIpc) is 3.32. The van der Waals surface area contributed by atoms with Crippen LogP contribution in [0.1, 0.15) is 24.8 Å². The number of nitrogens with zero attached hydrogens (tertiary/aromatic N) is 2. The summed E-state index contributed by atoms with van der Waals surface area (Å²) in [4.78, 5) is 28.0. The van der Waals surface area contributed by atoms with Crippen molar-refractivity contribution in [3.05, 3.63) is 35.9 Å². The van der Waals surface area contributed by atoms with Crippen molar-refractivity contribution in [1.29, 1.82) is 0 Å². The van der Waals surface area contributed by atoms with Crippen LogP contribution in [-0.2, 0) is 16.1 Å². The number of benzene rings is 1. The Bertz CT molecular complexity index is 520. The van der Waals surface area contributed by atoms with Gasteiger partial charge in [0.25, 0.3) is 0 Å². The molecule has 118 valence electrons. The summed E-state index contributed by atoms with van der Waals surface area (Å²) in [5, 5.41) is 2.87. The molecule has 1 heterocycles. The van der Waals surface area contributed by atoms with Gasteiger partial charge in [-0.05, 0) is 18.4 Å². The minimum atomic E-state index is -0.126. The van der Waals surface area contributed by atoms with Crippen molar-refractivity contribution in [3.63, 3.8) is 0 Å². The zero-order valence-electron chi connectivity index (χ0n) is 12.8. The maximum atomic E-state index is 12.1. The Kier molecular flexibility index (Phi) is 4.73. The molecule has 0 spiro atoms. The van der Waals surface area contributed by atoms with Gasteiger partial charge in [0.2, 0.25) is 11.8 Å². The molecular formula is C17H23N3O2. The van der Waals surface area contributed by atoms with Gasteiger partial charge in [-0.15, -0.1) is 0 Å². The fourth-order valence-electron chi connectivity index (χ4n) is 2.75. The van der Waals surface area contributed by atoms with Crippen molar-refractivity contribution >= 4 is 11.8 Å². The molecule has 3 rings (SSSR count). The van der Waals surface area contributed by atoms with Gasteiger partial charge in [0.05, 0.1) is 0 Å². The highest BCUT2D eigenvalue weighted by Crippen LogP contribution is 2.18. The molecule has 1 aliphatic heterocycles. The number of carbonyl (C=O) groups excluding carboxylic acids is 2. The standard InChI is InChI=1S/C17H23N3O2/c21-16(18-15-6-7-15)12-17(22)20-10-8-19(9-11-20)13-14-4-2-1-3-5-14/h1-5,15H,6-13H2,(H,18,21). The SMILES string of the molecule is O=C(CC(=O)N1CCN(Cc2ccccc2)CC1)NC1CC1. The van der Waals surface area contributed by atoms with Gasteiger partial charge in [0.15, 0.2) is 0 Å². The number of amides is 2. The van der Waals surface area contributed by atoms with E-state index in [4.69, 9.17) is 0 Å². The van der Waals surface area contributed by atoms with E-state index in [1.165, 1.54) is 5.56 Å². The first kappa shape index (κ1) is 15.0. The Morgan fingerprint density at radius 1 is 1.05 bits per heavy atom. The monoisotopic (exact) mass is 301 g/mol. The quantitative estimate of drug-likeness (QED) is 0.826. The molecular weight excluding hydrogens is 278 g/mol. The highest BCUT2D eigenvalue weighted by molar-refractivity contribution is 5.97. The summed E-state index contributed by atoms with van der Waals surface area (Å²) in [6.07, 6.45) is 2.10. The second kappa shape index (κ2) is 6.92. The summed E-state index contributed by atoms with van der Waals surface area (Å²) in [6, 6.07) is 10.7. The maximum Gasteiger partial charge on any atom is 0.232 e. The molecule has 1 saturated carbocycles. The molecule has 0 unspecified atom stereocenters. The maximum absolute atomic E-state index is 12.1. The molecule has 1 N–H and O–H groups in total. The molecule has 1 aromatic carbocycles. The predicted molar refractivity (Wildman–Crippen MR) is 84.1 cm³/mol. The normalized spacial score (nSPS) is 19.0. The smallest absolute Gasteiger partial charge is 0.232 e. The number of hydrogen-bond acceptors (Lipinski definition) is 3. The molecule has 1 aromatic rings. The largest absolute Gasteiger partial charge is 0.353 e. The second-order valence-corrected chi connectivity index (χ2v) is 6.16. The molecule has 5 nitrogen and oxygen atoms in total. The van der Waals surface area contributed by atoms with E-state index in [-0.39, 0.29) is 18.2 Å². The van der Waals surface area contributed by atoms with Crippen LogP contribution in [0.15, 0.2) is 30.3 Å². The van der Waals surface area contributed by atoms with E-state index in [2.05, 4.69) is 22.3 Å². The molecule has 0 aromatic heterocycles. The van der Waals surface area contributed by atoms with Gasteiger partial charge in [-0.2, -0.15) is 0 Å². The lowest BCUT2D eigenvalue weighted by molar-refractivity contribution is -0.137. The van der Waals surface area contributed by atoms with Crippen LogP contribution in [0.5, 0.6) is 0 Å². The van der Waals surface area contributed by atoms with E-state index >= 15 is 0 Å². The van der Waals surface area contributed by atoms with Gasteiger partial charge in [-0.1, -0.05) is 30.3 Å². The second-order valence-electron chi connectivity index (χ2n) is 6.16. The Labute approximate surface area is 131 Å². The van der Waals surface area contributed by atoms with Crippen LogP contribution in [0, 0.1) is 0 Å². The van der Waals surface area contributed by atoms with Crippen LogP contribution in [0.4, 0.5) is 0 Å². The van der Waals surface area contributed by atoms with Crippen LogP contribution in [0.3, 0.4) is 0 Å². The van der Waals surface area contributed by atoms with Crippen LogP contribution < -0.4 is 5.32 Å². The van der Waals surface area contributed by atoms with Gasteiger partial charge in [-0.3, -0.25) is 14.5 Å². The first-order chi connectivity index (χ1) is 10.7. The van der Waals surface area contributed by atoms with E-state index < -0.39 is 0 Å². The summed E-state index contributed by atoms with van der Waals surface area (Å²) in [7, 11) is 0. The summed E-state index contributed by atoms with van der Waals surface area (Å²) >= 11 is 0. The molecule has 2 amide bonds. The molecule has 0 bridgehead atoms. The number of carbonyl (C=O) groups is 2. The summed E-state index contributed by atoms with van der Waals surface area (Å²) in [5.41, 5.74) is 1.30. The lowest BCUT2D eigenvalue weighted by Crippen LogP contribution is -2.49. The van der Waals surface area contributed by atoms with Gasteiger partial charge in [-0.25, -0.2) is 0 Å². The first-order valence-corrected chi connectivity index (χ1v) is 8.04. The van der Waals surface area contributed by atoms with Crippen molar-refractivity contribution in [2.24, 2.45) is 0 Å². The average molecular weight is 301 g/mol. The summed E-state index contributed by atoms with van der Waals surface area (Å²) in [5.74, 6) is -0.170.